The third-order valence-corrected chi connectivity index (χ3v) is 5.32. The molecule has 92 valence electrons. The Bertz CT molecular complexity index is 356. The maximum absolute atomic E-state index is 5.41. The summed E-state index contributed by atoms with van der Waals surface area (Å²) in [7, 11) is 0. The average molecular weight is 231 g/mol. The molecular weight excluding hydrogens is 210 g/mol. The van der Waals surface area contributed by atoms with Gasteiger partial charge >= 0.3 is 0 Å². The maximum atomic E-state index is 5.41. The molecule has 17 heavy (non-hydrogen) atoms. The fourth-order valence-corrected chi connectivity index (χ4v) is 4.89. The van der Waals surface area contributed by atoms with E-state index in [9.17, 15) is 0 Å². The highest BCUT2D eigenvalue weighted by molar-refractivity contribution is 5.03. The van der Waals surface area contributed by atoms with Crippen LogP contribution in [0.1, 0.15) is 37.9 Å². The largest absolute Gasteiger partial charge is 0.468 e. The van der Waals surface area contributed by atoms with Crippen LogP contribution in [-0.4, -0.2) is 6.04 Å². The van der Waals surface area contributed by atoms with E-state index in [4.69, 9.17) is 4.42 Å². The molecule has 0 radical (unpaired) electrons. The van der Waals surface area contributed by atoms with Gasteiger partial charge in [-0.1, -0.05) is 0 Å². The molecule has 4 bridgehead atoms. The molecule has 0 unspecified atom stereocenters. The van der Waals surface area contributed by atoms with E-state index in [1.165, 1.54) is 32.1 Å². The Kier molecular flexibility index (Phi) is 2.32. The van der Waals surface area contributed by atoms with E-state index < -0.39 is 0 Å². The number of furan rings is 1. The van der Waals surface area contributed by atoms with Crippen LogP contribution in [0.25, 0.3) is 0 Å². The van der Waals surface area contributed by atoms with E-state index in [1.807, 2.05) is 6.07 Å². The highest BCUT2D eigenvalue weighted by Gasteiger charge is 2.47. The molecule has 4 saturated carbocycles. The molecule has 4 fully saturated rings. The number of rotatable bonds is 3. The lowest BCUT2D eigenvalue weighted by atomic mass is 9.54. The summed E-state index contributed by atoms with van der Waals surface area (Å²) in [6.07, 6.45) is 9.27. The van der Waals surface area contributed by atoms with Crippen molar-refractivity contribution in [1.82, 2.24) is 5.32 Å². The highest BCUT2D eigenvalue weighted by Crippen LogP contribution is 2.53. The van der Waals surface area contributed by atoms with Crippen LogP contribution in [0.3, 0.4) is 0 Å². The zero-order chi connectivity index (χ0) is 11.2. The Morgan fingerprint density at radius 1 is 1.06 bits per heavy atom. The molecule has 5 rings (SSSR count). The monoisotopic (exact) mass is 231 g/mol. The molecule has 4 aliphatic carbocycles. The van der Waals surface area contributed by atoms with E-state index in [0.29, 0.717) is 0 Å². The van der Waals surface area contributed by atoms with Crippen molar-refractivity contribution in [3.8, 4) is 0 Å². The predicted molar refractivity (Wildman–Crippen MR) is 66.4 cm³/mol. The normalized spacial score (nSPS) is 43.2. The molecule has 0 atom stereocenters. The van der Waals surface area contributed by atoms with Crippen LogP contribution in [0.2, 0.25) is 0 Å². The van der Waals surface area contributed by atoms with Gasteiger partial charge in [0.2, 0.25) is 0 Å². The van der Waals surface area contributed by atoms with Gasteiger partial charge < -0.3 is 9.73 Å². The lowest BCUT2D eigenvalue weighted by Gasteiger charge is -2.54. The van der Waals surface area contributed by atoms with Gasteiger partial charge in [0.1, 0.15) is 5.76 Å². The second-order valence-corrected chi connectivity index (χ2v) is 6.42. The van der Waals surface area contributed by atoms with Crippen molar-refractivity contribution in [3.63, 3.8) is 0 Å². The summed E-state index contributed by atoms with van der Waals surface area (Å²) in [5.41, 5.74) is 0. The zero-order valence-corrected chi connectivity index (χ0v) is 10.3. The van der Waals surface area contributed by atoms with Crippen LogP contribution in [0, 0.1) is 23.7 Å². The van der Waals surface area contributed by atoms with E-state index in [1.54, 1.807) is 6.26 Å². The van der Waals surface area contributed by atoms with Crippen molar-refractivity contribution in [2.75, 3.05) is 0 Å². The van der Waals surface area contributed by atoms with E-state index in [0.717, 1.165) is 42.0 Å². The molecule has 1 aromatic rings. The summed E-state index contributed by atoms with van der Waals surface area (Å²) in [4.78, 5) is 0. The summed E-state index contributed by atoms with van der Waals surface area (Å²) in [6, 6.07) is 4.82. The van der Waals surface area contributed by atoms with Gasteiger partial charge in [-0.15, -0.1) is 0 Å². The zero-order valence-electron chi connectivity index (χ0n) is 10.3. The molecule has 2 nitrogen and oxygen atoms in total. The van der Waals surface area contributed by atoms with Crippen molar-refractivity contribution in [2.45, 2.75) is 44.7 Å². The molecule has 1 heterocycles. The minimum atomic E-state index is 0.771. The second kappa shape index (κ2) is 3.88. The van der Waals surface area contributed by atoms with Crippen LogP contribution in [0.15, 0.2) is 22.8 Å². The van der Waals surface area contributed by atoms with Crippen molar-refractivity contribution in [2.24, 2.45) is 23.7 Å². The van der Waals surface area contributed by atoms with Crippen LogP contribution in [0.5, 0.6) is 0 Å². The Morgan fingerprint density at radius 3 is 2.35 bits per heavy atom. The average Bonchev–Trinajstić information content (AvgIpc) is 2.80. The van der Waals surface area contributed by atoms with Gasteiger partial charge in [-0.05, 0) is 67.9 Å². The van der Waals surface area contributed by atoms with Crippen molar-refractivity contribution in [3.05, 3.63) is 24.2 Å². The predicted octanol–water partition coefficient (Wildman–Crippen LogP) is 3.19. The van der Waals surface area contributed by atoms with Crippen molar-refractivity contribution in [1.29, 1.82) is 0 Å². The van der Waals surface area contributed by atoms with Crippen molar-refractivity contribution >= 4 is 0 Å². The van der Waals surface area contributed by atoms with Gasteiger partial charge in [-0.2, -0.15) is 0 Å². The van der Waals surface area contributed by atoms with Gasteiger partial charge in [0.25, 0.3) is 0 Å². The smallest absolute Gasteiger partial charge is 0.117 e. The maximum Gasteiger partial charge on any atom is 0.117 e. The topological polar surface area (TPSA) is 25.2 Å². The fourth-order valence-electron chi connectivity index (χ4n) is 4.89. The molecule has 0 spiro atoms. The highest BCUT2D eigenvalue weighted by atomic mass is 16.3. The Hall–Kier alpha value is -0.760. The minimum Gasteiger partial charge on any atom is -0.468 e. The molecule has 0 amide bonds. The Balaban J connectivity index is 1.44. The van der Waals surface area contributed by atoms with Gasteiger partial charge in [-0.3, -0.25) is 0 Å². The summed E-state index contributed by atoms with van der Waals surface area (Å²) < 4.78 is 5.41. The standard InChI is InChI=1S/C15H21NO/c1-2-14(17-3-1)9-16-15-12-5-10-4-11(7-12)8-13(15)6-10/h1-3,10-13,15-16H,4-9H2. The first-order valence-corrected chi connectivity index (χ1v) is 7.14. The SMILES string of the molecule is c1coc(CNC2C3CC4CC(C3)CC2C4)c1. The summed E-state index contributed by atoms with van der Waals surface area (Å²) >= 11 is 0. The van der Waals surface area contributed by atoms with E-state index in [2.05, 4.69) is 11.4 Å². The quantitative estimate of drug-likeness (QED) is 0.864. The van der Waals surface area contributed by atoms with Crippen LogP contribution >= 0.6 is 0 Å². The van der Waals surface area contributed by atoms with E-state index >= 15 is 0 Å². The molecule has 0 aliphatic heterocycles. The third kappa shape index (κ3) is 1.74. The van der Waals surface area contributed by atoms with Crippen LogP contribution < -0.4 is 5.32 Å². The molecular formula is C15H21NO. The lowest BCUT2D eigenvalue weighted by Crippen LogP contribution is -2.54. The van der Waals surface area contributed by atoms with Gasteiger partial charge in [0.05, 0.1) is 12.8 Å². The minimum absolute atomic E-state index is 0.771. The molecule has 1 aromatic heterocycles. The van der Waals surface area contributed by atoms with Crippen LogP contribution in [-0.2, 0) is 6.54 Å². The van der Waals surface area contributed by atoms with Gasteiger partial charge in [-0.25, -0.2) is 0 Å². The summed E-state index contributed by atoms with van der Waals surface area (Å²) in [5, 5.41) is 3.77. The van der Waals surface area contributed by atoms with Crippen molar-refractivity contribution < 1.29 is 4.42 Å². The molecule has 0 saturated heterocycles. The Labute approximate surface area is 103 Å². The Morgan fingerprint density at radius 2 is 1.76 bits per heavy atom. The summed E-state index contributed by atoms with van der Waals surface area (Å²) in [5.74, 6) is 5.14. The summed E-state index contributed by atoms with van der Waals surface area (Å²) in [6.45, 7) is 0.917. The lowest BCUT2D eigenvalue weighted by molar-refractivity contribution is -0.0147. The first kappa shape index (κ1) is 10.2. The number of nitrogens with one attached hydrogen (secondary N) is 1. The third-order valence-electron chi connectivity index (χ3n) is 5.32. The fraction of sp³-hybridized carbons (Fsp3) is 0.733. The first-order chi connectivity index (χ1) is 8.38. The van der Waals surface area contributed by atoms with E-state index in [-0.39, 0.29) is 0 Å². The number of hydrogen-bond donors (Lipinski definition) is 1. The molecule has 1 N–H and O–H groups in total. The second-order valence-electron chi connectivity index (χ2n) is 6.42. The molecule has 2 heteroatoms. The number of hydrogen-bond acceptors (Lipinski definition) is 2. The van der Waals surface area contributed by atoms with Crippen LogP contribution in [0.4, 0.5) is 0 Å². The van der Waals surface area contributed by atoms with Gasteiger partial charge in [0, 0.05) is 6.04 Å². The molecule has 0 aromatic carbocycles. The molecule has 4 aliphatic rings. The first-order valence-electron chi connectivity index (χ1n) is 7.14. The van der Waals surface area contributed by atoms with Gasteiger partial charge in [0.15, 0.2) is 0 Å².